The van der Waals surface area contributed by atoms with Crippen molar-refractivity contribution in [3.8, 4) is 0 Å². The minimum Gasteiger partial charge on any atom is -0.363 e. The van der Waals surface area contributed by atoms with Gasteiger partial charge in [0.15, 0.2) is 0 Å². The predicted molar refractivity (Wildman–Crippen MR) is 97.0 cm³/mol. The Bertz CT molecular complexity index is 661. The summed E-state index contributed by atoms with van der Waals surface area (Å²) in [7, 11) is 3.63. The van der Waals surface area contributed by atoms with Crippen LogP contribution in [0.3, 0.4) is 0 Å². The van der Waals surface area contributed by atoms with Crippen molar-refractivity contribution in [3.05, 3.63) is 65.3 Å². The molecule has 0 saturated heterocycles. The first-order valence-electron chi connectivity index (χ1n) is 7.20. The van der Waals surface area contributed by atoms with Crippen molar-refractivity contribution in [2.75, 3.05) is 14.1 Å². The van der Waals surface area contributed by atoms with E-state index in [1.54, 1.807) is 17.1 Å². The van der Waals surface area contributed by atoms with E-state index in [4.69, 9.17) is 10.8 Å². The van der Waals surface area contributed by atoms with Crippen LogP contribution in [0.4, 0.5) is 0 Å². The molecule has 0 aliphatic heterocycles. The fourth-order valence-corrected chi connectivity index (χ4v) is 2.07. The fourth-order valence-electron chi connectivity index (χ4n) is 2.07. The maximum Gasteiger partial charge on any atom is 0.120 e. The summed E-state index contributed by atoms with van der Waals surface area (Å²) in [5.74, 6) is 0.374. The Labute approximate surface area is 133 Å². The fraction of sp³-hybridized carbons (Fsp3) is 0.263. The van der Waals surface area contributed by atoms with Crippen LogP contribution in [0.1, 0.15) is 30.5 Å². The van der Waals surface area contributed by atoms with Gasteiger partial charge in [0.1, 0.15) is 5.84 Å². The summed E-state index contributed by atoms with van der Waals surface area (Å²) < 4.78 is 0. The van der Waals surface area contributed by atoms with Gasteiger partial charge in [0.2, 0.25) is 0 Å². The van der Waals surface area contributed by atoms with Gasteiger partial charge in [-0.1, -0.05) is 36.4 Å². The second kappa shape index (κ2) is 7.55. The molecule has 1 rings (SSSR count). The van der Waals surface area contributed by atoms with Gasteiger partial charge >= 0.3 is 0 Å². The van der Waals surface area contributed by atoms with E-state index in [9.17, 15) is 0 Å². The van der Waals surface area contributed by atoms with Gasteiger partial charge in [-0.3, -0.25) is 5.41 Å². The summed E-state index contributed by atoms with van der Waals surface area (Å²) in [5.41, 5.74) is 5.68. The minimum absolute atomic E-state index is 0.374. The van der Waals surface area contributed by atoms with Crippen LogP contribution in [0.2, 0.25) is 0 Å². The van der Waals surface area contributed by atoms with E-state index in [0.717, 1.165) is 22.3 Å². The van der Waals surface area contributed by atoms with Crippen molar-refractivity contribution < 1.29 is 0 Å². The molecule has 1 aromatic carbocycles. The summed E-state index contributed by atoms with van der Waals surface area (Å²) >= 11 is 0. The van der Waals surface area contributed by atoms with E-state index >= 15 is 0 Å². The highest BCUT2D eigenvalue weighted by atomic mass is 15.1. The molecule has 3 heteroatoms. The van der Waals surface area contributed by atoms with Crippen LogP contribution in [-0.2, 0) is 0 Å². The Morgan fingerprint density at radius 1 is 1.14 bits per heavy atom. The van der Waals surface area contributed by atoms with Gasteiger partial charge in [-0.25, -0.2) is 0 Å². The van der Waals surface area contributed by atoms with E-state index in [1.807, 2.05) is 40.1 Å². The van der Waals surface area contributed by atoms with Gasteiger partial charge in [0.25, 0.3) is 0 Å². The van der Waals surface area contributed by atoms with Crippen LogP contribution < -0.4 is 0 Å². The largest absolute Gasteiger partial charge is 0.363 e. The van der Waals surface area contributed by atoms with Crippen LogP contribution >= 0.6 is 0 Å². The van der Waals surface area contributed by atoms with E-state index < -0.39 is 0 Å². The Balaban J connectivity index is 3.02. The molecule has 0 fully saturated rings. The van der Waals surface area contributed by atoms with Gasteiger partial charge in [-0.05, 0) is 49.6 Å². The van der Waals surface area contributed by atoms with E-state index in [-0.39, 0.29) is 0 Å². The summed E-state index contributed by atoms with van der Waals surface area (Å²) in [6, 6.07) is 6.08. The number of hydrogen-bond acceptors (Lipinski definition) is 2. The third-order valence-electron chi connectivity index (χ3n) is 3.32. The SMILES string of the molecule is C=C(C)/C=C(\C)c1ccc(C(=N)/C=C\C(=N)N(C)C)c(C)c1. The zero-order valence-corrected chi connectivity index (χ0v) is 14.1. The molecule has 0 aromatic heterocycles. The molecule has 0 atom stereocenters. The number of hydrogen-bond donors (Lipinski definition) is 2. The number of nitrogens with one attached hydrogen (secondary N) is 2. The molecule has 0 saturated carbocycles. The molecule has 116 valence electrons. The lowest BCUT2D eigenvalue weighted by Gasteiger charge is -2.10. The van der Waals surface area contributed by atoms with Crippen LogP contribution in [0.5, 0.6) is 0 Å². The van der Waals surface area contributed by atoms with Crippen LogP contribution in [0.15, 0.2) is 48.6 Å². The highest BCUT2D eigenvalue weighted by Gasteiger charge is 2.05. The first-order valence-corrected chi connectivity index (χ1v) is 7.20. The van der Waals surface area contributed by atoms with Gasteiger partial charge in [0, 0.05) is 19.7 Å². The maximum atomic E-state index is 8.17. The molecule has 0 unspecified atom stereocenters. The van der Waals surface area contributed by atoms with Crippen molar-refractivity contribution in [2.24, 2.45) is 0 Å². The number of benzene rings is 1. The predicted octanol–water partition coefficient (Wildman–Crippen LogP) is 4.44. The zero-order valence-electron chi connectivity index (χ0n) is 14.1. The standard InChI is InChI=1S/C19H25N3/c1-13(2)11-14(3)16-7-8-17(15(4)12-16)18(20)9-10-19(21)22(5)6/h7-12,20-21H,1H2,2-6H3/b10-9-,14-11+,20-18?,21-19?. The molecular formula is C19H25N3. The quantitative estimate of drug-likeness (QED) is 0.471. The third kappa shape index (κ3) is 4.85. The lowest BCUT2D eigenvalue weighted by molar-refractivity contribution is 0.622. The third-order valence-corrected chi connectivity index (χ3v) is 3.32. The molecular weight excluding hydrogens is 270 g/mol. The van der Waals surface area contributed by atoms with Gasteiger partial charge < -0.3 is 10.3 Å². The lowest BCUT2D eigenvalue weighted by Crippen LogP contribution is -2.18. The molecule has 0 amide bonds. The zero-order chi connectivity index (χ0) is 16.9. The normalized spacial score (nSPS) is 11.6. The van der Waals surface area contributed by atoms with Crippen LogP contribution in [0.25, 0.3) is 5.57 Å². The number of aryl methyl sites for hydroxylation is 1. The van der Waals surface area contributed by atoms with E-state index in [2.05, 4.69) is 25.6 Å². The lowest BCUT2D eigenvalue weighted by atomic mass is 9.97. The minimum atomic E-state index is 0.374. The van der Waals surface area contributed by atoms with Crippen molar-refractivity contribution in [1.82, 2.24) is 4.90 Å². The van der Waals surface area contributed by atoms with Gasteiger partial charge in [-0.15, -0.1) is 0 Å². The number of allylic oxidation sites excluding steroid dienone is 4. The molecule has 0 bridgehead atoms. The molecule has 0 aliphatic carbocycles. The van der Waals surface area contributed by atoms with E-state index in [1.165, 1.54) is 5.57 Å². The first kappa shape index (κ1) is 17.6. The molecule has 3 nitrogen and oxygen atoms in total. The smallest absolute Gasteiger partial charge is 0.120 e. The van der Waals surface area contributed by atoms with Crippen molar-refractivity contribution in [1.29, 1.82) is 10.8 Å². The Morgan fingerprint density at radius 3 is 2.27 bits per heavy atom. The maximum absolute atomic E-state index is 8.17. The van der Waals surface area contributed by atoms with Gasteiger partial charge in [0.05, 0.1) is 5.71 Å². The second-order valence-electron chi connectivity index (χ2n) is 5.73. The van der Waals surface area contributed by atoms with Crippen LogP contribution in [0, 0.1) is 17.7 Å². The molecule has 22 heavy (non-hydrogen) atoms. The number of amidine groups is 1. The summed E-state index contributed by atoms with van der Waals surface area (Å²) in [6.45, 7) is 9.95. The molecule has 0 heterocycles. The molecule has 1 aromatic rings. The Morgan fingerprint density at radius 2 is 1.77 bits per heavy atom. The van der Waals surface area contributed by atoms with Crippen molar-refractivity contribution >= 4 is 17.1 Å². The number of rotatable bonds is 5. The summed E-state index contributed by atoms with van der Waals surface area (Å²) in [6.07, 6.45) is 5.36. The molecule has 0 aliphatic rings. The Kier molecular flexibility index (Phi) is 6.05. The highest BCUT2D eigenvalue weighted by molar-refractivity contribution is 6.10. The average Bonchev–Trinajstić information content (AvgIpc) is 2.43. The van der Waals surface area contributed by atoms with Crippen molar-refractivity contribution in [3.63, 3.8) is 0 Å². The van der Waals surface area contributed by atoms with E-state index in [0.29, 0.717) is 11.5 Å². The average molecular weight is 295 g/mol. The molecule has 0 spiro atoms. The van der Waals surface area contributed by atoms with Crippen molar-refractivity contribution in [2.45, 2.75) is 20.8 Å². The second-order valence-corrected chi connectivity index (χ2v) is 5.73. The first-order chi connectivity index (χ1) is 10.2. The molecule has 2 N–H and O–H groups in total. The summed E-state index contributed by atoms with van der Waals surface area (Å²) in [5, 5.41) is 15.9. The monoisotopic (exact) mass is 295 g/mol. The highest BCUT2D eigenvalue weighted by Crippen LogP contribution is 2.20. The van der Waals surface area contributed by atoms with Gasteiger partial charge in [-0.2, -0.15) is 0 Å². The number of likely N-dealkylation sites (N-methyl/N-ethyl adjacent to an activating group) is 1. The topological polar surface area (TPSA) is 50.9 Å². The number of nitrogens with zero attached hydrogens (tertiary/aromatic N) is 1. The summed E-state index contributed by atoms with van der Waals surface area (Å²) in [4.78, 5) is 1.70. The molecule has 0 radical (unpaired) electrons. The van der Waals surface area contributed by atoms with Crippen LogP contribution in [-0.4, -0.2) is 30.5 Å². The Hall–Kier alpha value is -2.42.